The van der Waals surface area contributed by atoms with Gasteiger partial charge in [0.25, 0.3) is 0 Å². The second kappa shape index (κ2) is 9.45. The van der Waals surface area contributed by atoms with Crippen molar-refractivity contribution < 1.29 is 14.3 Å². The maximum atomic E-state index is 13.6. The zero-order valence-electron chi connectivity index (χ0n) is 18.4. The van der Waals surface area contributed by atoms with E-state index < -0.39 is 11.2 Å². The molecule has 31 heavy (non-hydrogen) atoms. The molecule has 5 nitrogen and oxygen atoms in total. The van der Waals surface area contributed by atoms with E-state index in [0.717, 1.165) is 41.2 Å². The van der Waals surface area contributed by atoms with Crippen molar-refractivity contribution in [2.24, 2.45) is 5.92 Å². The molecule has 0 aliphatic carbocycles. The number of benzene rings is 2. The van der Waals surface area contributed by atoms with Crippen LogP contribution in [0.25, 0.3) is 0 Å². The van der Waals surface area contributed by atoms with Gasteiger partial charge in [-0.3, -0.25) is 9.59 Å². The number of thioether (sulfide) groups is 1. The quantitative estimate of drug-likeness (QED) is 0.733. The van der Waals surface area contributed by atoms with Crippen LogP contribution in [-0.2, 0) is 20.9 Å². The molecule has 0 radical (unpaired) electrons. The van der Waals surface area contributed by atoms with Crippen LogP contribution in [0.5, 0.6) is 0 Å². The average molecular weight is 439 g/mol. The Hall–Kier alpha value is -2.31. The summed E-state index contributed by atoms with van der Waals surface area (Å²) in [4.78, 5) is 29.4. The van der Waals surface area contributed by atoms with Crippen molar-refractivity contribution in [2.75, 3.05) is 18.1 Å². The zero-order chi connectivity index (χ0) is 22.0. The van der Waals surface area contributed by atoms with Gasteiger partial charge in [-0.1, -0.05) is 42.8 Å². The zero-order valence-corrected chi connectivity index (χ0v) is 19.2. The highest BCUT2D eigenvalue weighted by Gasteiger charge is 2.39. The lowest BCUT2D eigenvalue weighted by atomic mass is 10.0. The standard InChI is InChI=1S/C25H30N2O3S/c1-16-10-11-17(2)19(13-16)15-27-21-8-4-5-9-22(21)31-23(25(27)29)18(3)24(28)26-14-20-7-6-12-30-20/h4-5,8-11,13,18,20,23H,6-7,12,14-15H2,1-3H3,(H,26,28)/t18-,20-,23+/m1/s1. The van der Waals surface area contributed by atoms with Crippen LogP contribution >= 0.6 is 11.8 Å². The Balaban J connectivity index is 1.55. The van der Waals surface area contributed by atoms with Crippen LogP contribution in [-0.4, -0.2) is 36.3 Å². The Bertz CT molecular complexity index is 971. The summed E-state index contributed by atoms with van der Waals surface area (Å²) in [5, 5.41) is 2.55. The fourth-order valence-electron chi connectivity index (χ4n) is 4.18. The fraction of sp³-hybridized carbons (Fsp3) is 0.440. The molecular weight excluding hydrogens is 408 g/mol. The van der Waals surface area contributed by atoms with Crippen molar-refractivity contribution in [3.63, 3.8) is 0 Å². The first-order valence-corrected chi connectivity index (χ1v) is 11.8. The highest BCUT2D eigenvalue weighted by Crippen LogP contribution is 2.42. The number of rotatable bonds is 6. The van der Waals surface area contributed by atoms with Gasteiger partial charge in [0, 0.05) is 18.0 Å². The molecule has 1 fully saturated rings. The molecule has 0 bridgehead atoms. The summed E-state index contributed by atoms with van der Waals surface area (Å²) < 4.78 is 5.61. The van der Waals surface area contributed by atoms with Crippen molar-refractivity contribution in [3.05, 3.63) is 59.2 Å². The van der Waals surface area contributed by atoms with Crippen LogP contribution < -0.4 is 10.2 Å². The molecule has 2 aliphatic rings. The van der Waals surface area contributed by atoms with Crippen molar-refractivity contribution in [1.82, 2.24) is 5.32 Å². The van der Waals surface area contributed by atoms with Gasteiger partial charge < -0.3 is 15.0 Å². The van der Waals surface area contributed by atoms with Crippen LogP contribution in [0.1, 0.15) is 36.5 Å². The Morgan fingerprint density at radius 2 is 2.06 bits per heavy atom. The molecular formula is C25H30N2O3S. The lowest BCUT2D eigenvalue weighted by molar-refractivity contribution is -0.128. The Morgan fingerprint density at radius 3 is 2.84 bits per heavy atom. The fourth-order valence-corrected chi connectivity index (χ4v) is 5.46. The maximum Gasteiger partial charge on any atom is 0.241 e. The predicted molar refractivity (Wildman–Crippen MR) is 124 cm³/mol. The molecule has 1 saturated heterocycles. The van der Waals surface area contributed by atoms with E-state index >= 15 is 0 Å². The number of nitrogens with zero attached hydrogens (tertiary/aromatic N) is 1. The second-order valence-corrected chi connectivity index (χ2v) is 9.71. The largest absolute Gasteiger partial charge is 0.376 e. The van der Waals surface area contributed by atoms with Gasteiger partial charge in [0.05, 0.1) is 24.3 Å². The first-order valence-electron chi connectivity index (χ1n) is 11.0. The molecule has 1 N–H and O–H groups in total. The minimum absolute atomic E-state index is 0.00984. The predicted octanol–water partition coefficient (Wildman–Crippen LogP) is 4.24. The topological polar surface area (TPSA) is 58.6 Å². The van der Waals surface area contributed by atoms with Gasteiger partial charge in [0.2, 0.25) is 11.8 Å². The van der Waals surface area contributed by atoms with E-state index in [9.17, 15) is 9.59 Å². The smallest absolute Gasteiger partial charge is 0.241 e. The van der Waals surface area contributed by atoms with E-state index in [0.29, 0.717) is 13.1 Å². The van der Waals surface area contributed by atoms with Crippen molar-refractivity contribution in [2.45, 2.75) is 56.4 Å². The van der Waals surface area contributed by atoms with Gasteiger partial charge in [-0.15, -0.1) is 11.8 Å². The molecule has 2 aromatic carbocycles. The van der Waals surface area contributed by atoms with Crippen LogP contribution in [0, 0.1) is 19.8 Å². The van der Waals surface area contributed by atoms with Crippen molar-refractivity contribution in [3.8, 4) is 0 Å². The molecule has 6 heteroatoms. The van der Waals surface area contributed by atoms with Crippen LogP contribution in [0.2, 0.25) is 0 Å². The second-order valence-electron chi connectivity index (χ2n) is 8.53. The number of para-hydroxylation sites is 1. The van der Waals surface area contributed by atoms with Crippen LogP contribution in [0.15, 0.2) is 47.4 Å². The third-order valence-corrected chi connectivity index (χ3v) is 7.61. The normalized spacial score (nSPS) is 21.6. The van der Waals surface area contributed by atoms with Gasteiger partial charge in [-0.25, -0.2) is 0 Å². The highest BCUT2D eigenvalue weighted by molar-refractivity contribution is 8.01. The molecule has 2 aliphatic heterocycles. The molecule has 2 heterocycles. The molecule has 164 valence electrons. The maximum absolute atomic E-state index is 13.6. The van der Waals surface area contributed by atoms with E-state index in [-0.39, 0.29) is 17.9 Å². The summed E-state index contributed by atoms with van der Waals surface area (Å²) in [6.45, 7) is 7.76. The number of amides is 2. The number of carbonyl (C=O) groups excluding carboxylic acids is 2. The van der Waals surface area contributed by atoms with Crippen LogP contribution in [0.3, 0.4) is 0 Å². The number of fused-ring (bicyclic) bond motifs is 1. The third kappa shape index (κ3) is 4.80. The van der Waals surface area contributed by atoms with Gasteiger partial charge in [-0.2, -0.15) is 0 Å². The first kappa shape index (κ1) is 21.9. The number of hydrogen-bond acceptors (Lipinski definition) is 4. The molecule has 0 aromatic heterocycles. The number of anilines is 1. The van der Waals surface area contributed by atoms with E-state index in [4.69, 9.17) is 4.74 Å². The minimum atomic E-state index is -0.454. The molecule has 2 aromatic rings. The Morgan fingerprint density at radius 1 is 1.26 bits per heavy atom. The monoisotopic (exact) mass is 438 g/mol. The number of hydrogen-bond donors (Lipinski definition) is 1. The van der Waals surface area contributed by atoms with E-state index in [1.165, 1.54) is 17.3 Å². The summed E-state index contributed by atoms with van der Waals surface area (Å²) >= 11 is 1.50. The first-order chi connectivity index (χ1) is 14.9. The number of carbonyl (C=O) groups is 2. The number of ether oxygens (including phenoxy) is 1. The van der Waals surface area contributed by atoms with Gasteiger partial charge in [-0.05, 0) is 49.9 Å². The van der Waals surface area contributed by atoms with Crippen molar-refractivity contribution >= 4 is 29.3 Å². The summed E-state index contributed by atoms with van der Waals surface area (Å²) in [6.07, 6.45) is 2.10. The molecule has 0 saturated carbocycles. The summed E-state index contributed by atoms with van der Waals surface area (Å²) in [7, 11) is 0. The summed E-state index contributed by atoms with van der Waals surface area (Å²) in [6, 6.07) is 14.3. The molecule has 4 rings (SSSR count). The molecule has 3 atom stereocenters. The molecule has 0 unspecified atom stereocenters. The van der Waals surface area contributed by atoms with Crippen LogP contribution in [0.4, 0.5) is 5.69 Å². The van der Waals surface area contributed by atoms with Gasteiger partial charge in [0.1, 0.15) is 5.25 Å². The lowest BCUT2D eigenvalue weighted by Crippen LogP contribution is -2.48. The summed E-state index contributed by atoms with van der Waals surface area (Å²) in [5.41, 5.74) is 4.38. The summed E-state index contributed by atoms with van der Waals surface area (Å²) in [5.74, 6) is -0.537. The van der Waals surface area contributed by atoms with E-state index in [2.05, 4.69) is 37.4 Å². The van der Waals surface area contributed by atoms with E-state index in [1.807, 2.05) is 36.1 Å². The van der Waals surface area contributed by atoms with Crippen molar-refractivity contribution in [1.29, 1.82) is 0 Å². The third-order valence-electron chi connectivity index (χ3n) is 6.15. The minimum Gasteiger partial charge on any atom is -0.376 e. The number of aryl methyl sites for hydroxylation is 2. The Labute approximate surface area is 188 Å². The van der Waals surface area contributed by atoms with E-state index in [1.54, 1.807) is 0 Å². The van der Waals surface area contributed by atoms with Gasteiger partial charge in [0.15, 0.2) is 0 Å². The van der Waals surface area contributed by atoms with Gasteiger partial charge >= 0.3 is 0 Å². The Kier molecular flexibility index (Phi) is 6.68. The molecule has 0 spiro atoms. The highest BCUT2D eigenvalue weighted by atomic mass is 32.2. The average Bonchev–Trinajstić information content (AvgIpc) is 3.29. The SMILES string of the molecule is Cc1ccc(C)c(CN2C(=O)[C@H]([C@@H](C)C(=O)NC[C@H]3CCCO3)Sc3ccccc32)c1. The number of nitrogens with one attached hydrogen (secondary N) is 1. The molecule has 2 amide bonds. The lowest BCUT2D eigenvalue weighted by Gasteiger charge is -2.36.